The molecule has 1 fully saturated rings. The van der Waals surface area contributed by atoms with Gasteiger partial charge in [-0.05, 0) is 81.5 Å². The van der Waals surface area contributed by atoms with Gasteiger partial charge in [-0.3, -0.25) is 14.4 Å². The number of methoxy groups -OCH3 is 2. The lowest BCUT2D eigenvalue weighted by Crippen LogP contribution is -2.45. The van der Waals surface area contributed by atoms with Gasteiger partial charge in [-0.1, -0.05) is 39.8 Å². The SMILES string of the molecule is COCCCCOc1ccccc1C(=O)NCC(CC(N)C(O)CC(C(=O)NCCN1CCC(C(=O)OC)CC1)C(C)C)C(C)C. The Morgan fingerprint density at radius 1 is 0.978 bits per heavy atom. The third-order valence-electron chi connectivity index (χ3n) is 9.16. The number of nitrogens with one attached hydrogen (secondary N) is 2. The smallest absolute Gasteiger partial charge is 0.308 e. The molecular weight excluding hydrogens is 588 g/mol. The van der Waals surface area contributed by atoms with Gasteiger partial charge in [0, 0.05) is 45.3 Å². The van der Waals surface area contributed by atoms with E-state index in [0.29, 0.717) is 50.6 Å². The number of nitrogens with zero attached hydrogens (tertiary/aromatic N) is 1. The Hall–Kier alpha value is -2.73. The Bertz CT molecular complexity index is 1050. The van der Waals surface area contributed by atoms with Crippen molar-refractivity contribution in [3.8, 4) is 5.75 Å². The zero-order valence-electron chi connectivity index (χ0n) is 29.0. The number of carbonyl (C=O) groups is 3. The van der Waals surface area contributed by atoms with Crippen LogP contribution in [0, 0.1) is 29.6 Å². The molecule has 5 N–H and O–H groups in total. The summed E-state index contributed by atoms with van der Waals surface area (Å²) in [6, 6.07) is 6.67. The Balaban J connectivity index is 1.84. The van der Waals surface area contributed by atoms with Crippen LogP contribution in [0.4, 0.5) is 0 Å². The van der Waals surface area contributed by atoms with Gasteiger partial charge in [0.25, 0.3) is 5.91 Å². The number of rotatable bonds is 21. The number of hydrogen-bond acceptors (Lipinski definition) is 9. The number of nitrogens with two attached hydrogens (primary N) is 1. The van der Waals surface area contributed by atoms with Gasteiger partial charge >= 0.3 is 5.97 Å². The average molecular weight is 649 g/mol. The predicted octanol–water partition coefficient (Wildman–Crippen LogP) is 3.24. The van der Waals surface area contributed by atoms with Crippen LogP contribution < -0.4 is 21.1 Å². The van der Waals surface area contributed by atoms with Crippen molar-refractivity contribution in [2.24, 2.45) is 35.3 Å². The fourth-order valence-electron chi connectivity index (χ4n) is 5.87. The maximum Gasteiger partial charge on any atom is 0.308 e. The van der Waals surface area contributed by atoms with Gasteiger partial charge < -0.3 is 40.6 Å². The summed E-state index contributed by atoms with van der Waals surface area (Å²) < 4.78 is 15.8. The molecule has 11 nitrogen and oxygen atoms in total. The highest BCUT2D eigenvalue weighted by Crippen LogP contribution is 2.24. The van der Waals surface area contributed by atoms with E-state index in [1.807, 2.05) is 26.0 Å². The second-order valence-electron chi connectivity index (χ2n) is 13.2. The normalized spacial score (nSPS) is 16.9. The molecule has 1 aliphatic heterocycles. The standard InChI is InChI=1S/C35H60N4O7/c1-24(2)27(23-38-33(41)28-11-7-8-12-32(28)46-20-10-9-19-44-5)21-30(36)31(40)22-29(25(3)4)34(42)37-15-18-39-16-13-26(14-17-39)35(43)45-6/h7-8,11-12,24-27,29-31,40H,9-10,13-23,36H2,1-6H3,(H,37,42)(H,38,41). The van der Waals surface area contributed by atoms with Gasteiger partial charge in [0.05, 0.1) is 31.3 Å². The van der Waals surface area contributed by atoms with Crippen LogP contribution in [0.2, 0.25) is 0 Å². The summed E-state index contributed by atoms with van der Waals surface area (Å²) in [5.41, 5.74) is 7.00. The maximum atomic E-state index is 13.1. The summed E-state index contributed by atoms with van der Waals surface area (Å²) in [7, 11) is 3.10. The van der Waals surface area contributed by atoms with Crippen LogP contribution in [-0.4, -0.2) is 100 Å². The summed E-state index contributed by atoms with van der Waals surface area (Å²) in [4.78, 5) is 40.3. The zero-order chi connectivity index (χ0) is 34.1. The molecule has 11 heteroatoms. The van der Waals surface area contributed by atoms with Gasteiger partial charge in [-0.2, -0.15) is 0 Å². The summed E-state index contributed by atoms with van der Waals surface area (Å²) in [5.74, 6) is -0.0458. The number of aliphatic hydroxyl groups is 1. The van der Waals surface area contributed by atoms with Crippen LogP contribution in [0.1, 0.15) is 76.6 Å². The van der Waals surface area contributed by atoms with Crippen LogP contribution in [0.25, 0.3) is 0 Å². The highest BCUT2D eigenvalue weighted by Gasteiger charge is 2.30. The Morgan fingerprint density at radius 3 is 2.28 bits per heavy atom. The number of piperidine rings is 1. The molecule has 2 amide bonds. The predicted molar refractivity (Wildman–Crippen MR) is 179 cm³/mol. The highest BCUT2D eigenvalue weighted by atomic mass is 16.5. The fourth-order valence-corrected chi connectivity index (χ4v) is 5.87. The van der Waals surface area contributed by atoms with E-state index in [-0.39, 0.29) is 53.8 Å². The molecule has 1 aromatic carbocycles. The molecule has 1 aromatic rings. The van der Waals surface area contributed by atoms with Crippen LogP contribution in [0.15, 0.2) is 24.3 Å². The third kappa shape index (κ3) is 13.6. The first-order chi connectivity index (χ1) is 22.0. The van der Waals surface area contributed by atoms with Crippen molar-refractivity contribution < 1.29 is 33.7 Å². The Morgan fingerprint density at radius 2 is 1.65 bits per heavy atom. The second-order valence-corrected chi connectivity index (χ2v) is 13.2. The lowest BCUT2D eigenvalue weighted by atomic mass is 9.83. The number of aliphatic hydroxyl groups excluding tert-OH is 1. The number of benzene rings is 1. The van der Waals surface area contributed by atoms with E-state index >= 15 is 0 Å². The Labute approximate surface area is 276 Å². The van der Waals surface area contributed by atoms with Crippen molar-refractivity contribution in [2.45, 2.75) is 78.4 Å². The number of likely N-dealkylation sites (tertiary alicyclic amines) is 1. The summed E-state index contributed by atoms with van der Waals surface area (Å²) in [5, 5.41) is 17.2. The first-order valence-electron chi connectivity index (χ1n) is 17.0. The van der Waals surface area contributed by atoms with Crippen molar-refractivity contribution in [1.29, 1.82) is 0 Å². The second kappa shape index (κ2) is 21.2. The average Bonchev–Trinajstić information content (AvgIpc) is 3.04. The van der Waals surface area contributed by atoms with E-state index in [1.165, 1.54) is 7.11 Å². The minimum Gasteiger partial charge on any atom is -0.493 e. The molecule has 1 saturated heterocycles. The minimum atomic E-state index is -0.861. The number of amides is 2. The third-order valence-corrected chi connectivity index (χ3v) is 9.16. The topological polar surface area (TPSA) is 152 Å². The molecule has 0 bridgehead atoms. The number of hydrogen-bond donors (Lipinski definition) is 4. The van der Waals surface area contributed by atoms with Gasteiger partial charge in [0.15, 0.2) is 0 Å². The first-order valence-corrected chi connectivity index (χ1v) is 17.0. The first kappa shape index (κ1) is 39.4. The van der Waals surface area contributed by atoms with E-state index in [9.17, 15) is 19.5 Å². The summed E-state index contributed by atoms with van der Waals surface area (Å²) in [6.07, 6.45) is 3.15. The lowest BCUT2D eigenvalue weighted by Gasteiger charge is -2.31. The number of esters is 1. The quantitative estimate of drug-likeness (QED) is 0.116. The molecule has 4 unspecified atom stereocenters. The largest absolute Gasteiger partial charge is 0.493 e. The molecule has 46 heavy (non-hydrogen) atoms. The van der Waals surface area contributed by atoms with Crippen molar-refractivity contribution in [2.75, 3.05) is 60.2 Å². The van der Waals surface area contributed by atoms with Crippen LogP contribution in [0.5, 0.6) is 5.75 Å². The number of unbranched alkanes of at least 4 members (excludes halogenated alkanes) is 1. The maximum absolute atomic E-state index is 13.1. The van der Waals surface area contributed by atoms with E-state index in [0.717, 1.165) is 38.8 Å². The van der Waals surface area contributed by atoms with Gasteiger partial charge in [0.2, 0.25) is 5.91 Å². The van der Waals surface area contributed by atoms with Gasteiger partial charge in [-0.25, -0.2) is 0 Å². The number of para-hydroxylation sites is 1. The molecule has 0 radical (unpaired) electrons. The molecular formula is C35H60N4O7. The van der Waals surface area contributed by atoms with Crippen molar-refractivity contribution in [1.82, 2.24) is 15.5 Å². The molecule has 1 aliphatic rings. The lowest BCUT2D eigenvalue weighted by molar-refractivity contribution is -0.147. The van der Waals surface area contributed by atoms with Crippen molar-refractivity contribution >= 4 is 17.8 Å². The highest BCUT2D eigenvalue weighted by molar-refractivity contribution is 5.96. The van der Waals surface area contributed by atoms with E-state index in [2.05, 4.69) is 29.4 Å². The molecule has 0 aromatic heterocycles. The monoisotopic (exact) mass is 648 g/mol. The van der Waals surface area contributed by atoms with Crippen LogP contribution in [0.3, 0.4) is 0 Å². The summed E-state index contributed by atoms with van der Waals surface area (Å²) in [6.45, 7) is 12.5. The molecule has 1 heterocycles. The van der Waals surface area contributed by atoms with Gasteiger partial charge in [0.1, 0.15) is 5.75 Å². The molecule has 262 valence electrons. The number of ether oxygens (including phenoxy) is 3. The number of carbonyl (C=O) groups excluding carboxylic acids is 3. The van der Waals surface area contributed by atoms with Crippen molar-refractivity contribution in [3.63, 3.8) is 0 Å². The Kier molecular flexibility index (Phi) is 18.2. The summed E-state index contributed by atoms with van der Waals surface area (Å²) >= 11 is 0. The van der Waals surface area contributed by atoms with Crippen LogP contribution in [-0.2, 0) is 19.1 Å². The zero-order valence-corrected chi connectivity index (χ0v) is 29.0. The van der Waals surface area contributed by atoms with E-state index < -0.39 is 12.1 Å². The van der Waals surface area contributed by atoms with Crippen LogP contribution >= 0.6 is 0 Å². The molecule has 0 aliphatic carbocycles. The van der Waals surface area contributed by atoms with Gasteiger partial charge in [-0.15, -0.1) is 0 Å². The van der Waals surface area contributed by atoms with E-state index in [1.54, 1.807) is 19.2 Å². The fraction of sp³-hybridized carbons (Fsp3) is 0.743. The minimum absolute atomic E-state index is 0.0279. The molecule has 2 rings (SSSR count). The molecule has 0 spiro atoms. The van der Waals surface area contributed by atoms with E-state index in [4.69, 9.17) is 19.9 Å². The molecule has 4 atom stereocenters. The molecule has 0 saturated carbocycles. The van der Waals surface area contributed by atoms with Crippen molar-refractivity contribution in [3.05, 3.63) is 29.8 Å².